The van der Waals surface area contributed by atoms with Gasteiger partial charge in [-0.3, -0.25) is 19.3 Å². The summed E-state index contributed by atoms with van der Waals surface area (Å²) >= 11 is 0.904. The predicted octanol–water partition coefficient (Wildman–Crippen LogP) is 4.37. The molecule has 31 heavy (non-hydrogen) atoms. The third-order valence-corrected chi connectivity index (χ3v) is 7.04. The molecule has 0 radical (unpaired) electrons. The monoisotopic (exact) mass is 437 g/mol. The van der Waals surface area contributed by atoms with Gasteiger partial charge in [0.25, 0.3) is 11.1 Å². The van der Waals surface area contributed by atoms with Crippen LogP contribution in [0.1, 0.15) is 40.9 Å². The van der Waals surface area contributed by atoms with Gasteiger partial charge in [-0.05, 0) is 93.3 Å². The van der Waals surface area contributed by atoms with Gasteiger partial charge in [-0.2, -0.15) is 0 Å². The Morgan fingerprint density at radius 2 is 1.74 bits per heavy atom. The number of carbonyl (C=O) groups excluding carboxylic acids is 3. The minimum atomic E-state index is -0.390. The van der Waals surface area contributed by atoms with Gasteiger partial charge >= 0.3 is 0 Å². The fourth-order valence-corrected chi connectivity index (χ4v) is 5.00. The zero-order valence-electron chi connectivity index (χ0n) is 18.4. The molecule has 162 valence electrons. The van der Waals surface area contributed by atoms with Crippen LogP contribution in [0.5, 0.6) is 0 Å². The van der Waals surface area contributed by atoms with Crippen LogP contribution in [0.25, 0.3) is 11.8 Å². The van der Waals surface area contributed by atoms with Crippen molar-refractivity contribution in [1.29, 1.82) is 0 Å². The van der Waals surface area contributed by atoms with Crippen LogP contribution < -0.4 is 0 Å². The first-order valence-corrected chi connectivity index (χ1v) is 11.4. The van der Waals surface area contributed by atoms with E-state index in [0.29, 0.717) is 18.0 Å². The van der Waals surface area contributed by atoms with Crippen molar-refractivity contribution in [2.24, 2.45) is 0 Å². The Bertz CT molecular complexity index is 1110. The number of rotatable bonds is 4. The van der Waals surface area contributed by atoms with Crippen LogP contribution in [0.3, 0.4) is 0 Å². The average Bonchev–Trinajstić information content (AvgIpc) is 3.41. The van der Waals surface area contributed by atoms with E-state index in [9.17, 15) is 14.4 Å². The summed E-state index contributed by atoms with van der Waals surface area (Å²) in [7, 11) is 0. The molecule has 3 heterocycles. The van der Waals surface area contributed by atoms with Crippen molar-refractivity contribution in [3.63, 3.8) is 0 Å². The average molecular weight is 438 g/mol. The summed E-state index contributed by atoms with van der Waals surface area (Å²) in [4.78, 5) is 40.9. The molecule has 0 unspecified atom stereocenters. The zero-order chi connectivity index (χ0) is 22.3. The summed E-state index contributed by atoms with van der Waals surface area (Å²) < 4.78 is 2.15. The summed E-state index contributed by atoms with van der Waals surface area (Å²) in [6, 6.07) is 8.36. The molecule has 0 aliphatic carbocycles. The van der Waals surface area contributed by atoms with Crippen molar-refractivity contribution in [3.8, 4) is 5.69 Å². The SMILES string of the molecule is Cc1ccc(-n2c(C)cc(/C=C3\SC(=O)N(CC(=O)N4CCCC4)C3=O)c2C)cc1C. The van der Waals surface area contributed by atoms with E-state index in [4.69, 9.17) is 0 Å². The molecule has 6 nitrogen and oxygen atoms in total. The van der Waals surface area contributed by atoms with Crippen molar-refractivity contribution >= 4 is 34.9 Å². The van der Waals surface area contributed by atoms with Gasteiger partial charge in [-0.15, -0.1) is 0 Å². The summed E-state index contributed by atoms with van der Waals surface area (Å²) in [6.45, 7) is 9.45. The van der Waals surface area contributed by atoms with Gasteiger partial charge in [0, 0.05) is 30.2 Å². The van der Waals surface area contributed by atoms with E-state index in [2.05, 4.69) is 36.6 Å². The smallest absolute Gasteiger partial charge is 0.294 e. The van der Waals surface area contributed by atoms with Crippen molar-refractivity contribution in [1.82, 2.24) is 14.4 Å². The second-order valence-corrected chi connectivity index (χ2v) is 9.28. The van der Waals surface area contributed by atoms with E-state index < -0.39 is 5.91 Å². The number of aromatic nitrogens is 1. The number of amides is 3. The Hall–Kier alpha value is -2.80. The van der Waals surface area contributed by atoms with Crippen molar-refractivity contribution in [2.75, 3.05) is 19.6 Å². The number of hydrogen-bond acceptors (Lipinski definition) is 4. The van der Waals surface area contributed by atoms with Crippen molar-refractivity contribution in [3.05, 3.63) is 57.2 Å². The number of thioether (sulfide) groups is 1. The maximum atomic E-state index is 12.9. The normalized spacial score (nSPS) is 18.0. The molecule has 7 heteroatoms. The zero-order valence-corrected chi connectivity index (χ0v) is 19.2. The second-order valence-electron chi connectivity index (χ2n) is 8.29. The molecule has 2 aliphatic rings. The highest BCUT2D eigenvalue weighted by atomic mass is 32.2. The molecule has 1 aromatic heterocycles. The van der Waals surface area contributed by atoms with Gasteiger partial charge in [-0.25, -0.2) is 0 Å². The number of likely N-dealkylation sites (tertiary alicyclic amines) is 1. The molecule has 0 spiro atoms. The number of carbonyl (C=O) groups is 3. The number of aryl methyl sites for hydroxylation is 3. The molecule has 2 fully saturated rings. The number of hydrogen-bond donors (Lipinski definition) is 0. The molecule has 1 aromatic carbocycles. The number of nitrogens with zero attached hydrogens (tertiary/aromatic N) is 3. The highest BCUT2D eigenvalue weighted by Gasteiger charge is 2.37. The molecule has 0 saturated carbocycles. The maximum absolute atomic E-state index is 12.9. The Labute approximate surface area is 186 Å². The van der Waals surface area contributed by atoms with E-state index in [1.54, 1.807) is 11.0 Å². The number of benzene rings is 1. The highest BCUT2D eigenvalue weighted by Crippen LogP contribution is 2.34. The van der Waals surface area contributed by atoms with E-state index in [0.717, 1.165) is 52.1 Å². The minimum Gasteiger partial charge on any atom is -0.341 e. The Balaban J connectivity index is 1.59. The molecule has 2 aromatic rings. The standard InChI is InChI=1S/C24H27N3O3S/c1-15-7-8-20(11-16(15)2)27-17(3)12-19(18(27)4)13-21-23(29)26(24(30)31-21)14-22(28)25-9-5-6-10-25/h7-8,11-13H,5-6,9-10,14H2,1-4H3/b21-13-. The van der Waals surface area contributed by atoms with Crippen molar-refractivity contribution < 1.29 is 14.4 Å². The lowest BCUT2D eigenvalue weighted by Gasteiger charge is -2.18. The maximum Gasteiger partial charge on any atom is 0.294 e. The highest BCUT2D eigenvalue weighted by molar-refractivity contribution is 8.18. The van der Waals surface area contributed by atoms with Crippen LogP contribution in [0.15, 0.2) is 29.2 Å². The number of imide groups is 1. The van der Waals surface area contributed by atoms with E-state index in [1.165, 1.54) is 11.1 Å². The third-order valence-electron chi connectivity index (χ3n) is 6.13. The van der Waals surface area contributed by atoms with Crippen LogP contribution in [0.4, 0.5) is 4.79 Å². The lowest BCUT2D eigenvalue weighted by Crippen LogP contribution is -2.40. The largest absolute Gasteiger partial charge is 0.341 e. The van der Waals surface area contributed by atoms with Crippen LogP contribution in [0, 0.1) is 27.7 Å². The summed E-state index contributed by atoms with van der Waals surface area (Å²) in [5.74, 6) is -0.549. The predicted molar refractivity (Wildman–Crippen MR) is 123 cm³/mol. The fraction of sp³-hybridized carbons (Fsp3) is 0.375. The molecule has 2 saturated heterocycles. The molecule has 0 N–H and O–H groups in total. The molecule has 0 bridgehead atoms. The van der Waals surface area contributed by atoms with Crippen molar-refractivity contribution in [2.45, 2.75) is 40.5 Å². The van der Waals surface area contributed by atoms with Crippen LogP contribution in [-0.2, 0) is 9.59 Å². The van der Waals surface area contributed by atoms with E-state index in [1.807, 2.05) is 19.9 Å². The quantitative estimate of drug-likeness (QED) is 0.667. The van der Waals surface area contributed by atoms with Crippen LogP contribution >= 0.6 is 11.8 Å². The van der Waals surface area contributed by atoms with Gasteiger partial charge in [0.15, 0.2) is 0 Å². The van der Waals surface area contributed by atoms with Gasteiger partial charge < -0.3 is 9.47 Å². The Morgan fingerprint density at radius 3 is 2.42 bits per heavy atom. The first-order valence-electron chi connectivity index (χ1n) is 10.6. The lowest BCUT2D eigenvalue weighted by atomic mass is 10.1. The van der Waals surface area contributed by atoms with Crippen LogP contribution in [0.2, 0.25) is 0 Å². The summed E-state index contributed by atoms with van der Waals surface area (Å²) in [5, 5.41) is -0.383. The Kier molecular flexibility index (Phi) is 5.79. The van der Waals surface area contributed by atoms with Gasteiger partial charge in [0.2, 0.25) is 5.91 Å². The minimum absolute atomic E-state index is 0.158. The topological polar surface area (TPSA) is 62.6 Å². The molecule has 0 atom stereocenters. The summed E-state index contributed by atoms with van der Waals surface area (Å²) in [5.41, 5.74) is 6.48. The molecule has 3 amide bonds. The molecule has 4 rings (SSSR count). The fourth-order valence-electron chi connectivity index (χ4n) is 4.18. The molecule has 2 aliphatic heterocycles. The van der Waals surface area contributed by atoms with E-state index in [-0.39, 0.29) is 17.7 Å². The first kappa shape index (κ1) is 21.4. The third kappa shape index (κ3) is 4.06. The van der Waals surface area contributed by atoms with E-state index >= 15 is 0 Å². The van der Waals surface area contributed by atoms with Gasteiger partial charge in [-0.1, -0.05) is 6.07 Å². The second kappa shape index (κ2) is 8.38. The summed E-state index contributed by atoms with van der Waals surface area (Å²) in [6.07, 6.45) is 3.72. The molecular formula is C24H27N3O3S. The van der Waals surface area contributed by atoms with Crippen LogP contribution in [-0.4, -0.2) is 51.1 Å². The van der Waals surface area contributed by atoms with Gasteiger partial charge in [0.1, 0.15) is 6.54 Å². The Morgan fingerprint density at radius 1 is 1.03 bits per heavy atom. The molecular weight excluding hydrogens is 410 g/mol. The lowest BCUT2D eigenvalue weighted by molar-refractivity contribution is -0.135. The van der Waals surface area contributed by atoms with Gasteiger partial charge in [0.05, 0.1) is 4.91 Å². The first-order chi connectivity index (χ1) is 14.8.